The average molecular weight is 645 g/mol. The number of halogens is 2. The van der Waals surface area contributed by atoms with Crippen molar-refractivity contribution in [3.63, 3.8) is 0 Å². The van der Waals surface area contributed by atoms with Gasteiger partial charge in [-0.1, -0.05) is 39.3 Å². The van der Waals surface area contributed by atoms with Gasteiger partial charge in [0.1, 0.15) is 22.9 Å². The summed E-state index contributed by atoms with van der Waals surface area (Å²) in [5.41, 5.74) is 2.21. The number of hydrogen-bond acceptors (Lipinski definition) is 7. The summed E-state index contributed by atoms with van der Waals surface area (Å²) in [5.74, 6) is -0.979. The predicted molar refractivity (Wildman–Crippen MR) is 162 cm³/mol. The third kappa shape index (κ3) is 6.46. The SMILES string of the molecule is CCOC(=O)C1=C(O)/C(=C/c2cn(CC(=O)NC[C@H]3CCCO3)c3ccc(Br)cc23)SC1=Nc1ccc(Cl)cc1. The number of carbonyl (C=O) groups is 2. The van der Waals surface area contributed by atoms with Gasteiger partial charge in [0.25, 0.3) is 0 Å². The molecule has 8 nitrogen and oxygen atoms in total. The molecule has 0 unspecified atom stereocenters. The molecule has 11 heteroatoms. The Morgan fingerprint density at radius 1 is 1.30 bits per heavy atom. The van der Waals surface area contributed by atoms with E-state index in [0.29, 0.717) is 27.2 Å². The van der Waals surface area contributed by atoms with Crippen molar-refractivity contribution in [2.75, 3.05) is 19.8 Å². The largest absolute Gasteiger partial charge is 0.506 e. The maximum absolute atomic E-state index is 12.8. The van der Waals surface area contributed by atoms with Crippen molar-refractivity contribution in [1.82, 2.24) is 9.88 Å². The van der Waals surface area contributed by atoms with Gasteiger partial charge in [0.15, 0.2) is 0 Å². The van der Waals surface area contributed by atoms with Crippen LogP contribution in [0.15, 0.2) is 74.4 Å². The summed E-state index contributed by atoms with van der Waals surface area (Å²) in [7, 11) is 0. The molecule has 1 fully saturated rings. The monoisotopic (exact) mass is 643 g/mol. The molecule has 1 amide bonds. The fourth-order valence-electron chi connectivity index (χ4n) is 4.55. The topological polar surface area (TPSA) is 102 Å². The maximum atomic E-state index is 12.8. The van der Waals surface area contributed by atoms with E-state index in [1.807, 2.05) is 29.0 Å². The van der Waals surface area contributed by atoms with Gasteiger partial charge in [0.05, 0.1) is 23.3 Å². The summed E-state index contributed by atoms with van der Waals surface area (Å²) >= 11 is 10.7. The van der Waals surface area contributed by atoms with E-state index in [-0.39, 0.29) is 36.5 Å². The molecule has 2 aromatic carbocycles. The van der Waals surface area contributed by atoms with Gasteiger partial charge in [-0.05, 0) is 68.3 Å². The molecule has 0 spiro atoms. The van der Waals surface area contributed by atoms with Crippen LogP contribution >= 0.6 is 39.3 Å². The lowest BCUT2D eigenvalue weighted by Crippen LogP contribution is -2.34. The lowest BCUT2D eigenvalue weighted by molar-refractivity contribution is -0.138. The van der Waals surface area contributed by atoms with E-state index in [0.717, 1.165) is 40.4 Å². The number of nitrogens with zero attached hydrogens (tertiary/aromatic N) is 2. The van der Waals surface area contributed by atoms with Crippen molar-refractivity contribution in [2.45, 2.75) is 32.4 Å². The highest BCUT2D eigenvalue weighted by molar-refractivity contribution is 9.10. The number of thioether (sulfide) groups is 1. The summed E-state index contributed by atoms with van der Waals surface area (Å²) in [4.78, 5) is 30.6. The van der Waals surface area contributed by atoms with Gasteiger partial charge in [-0.15, -0.1) is 0 Å². The molecule has 3 aromatic rings. The molecule has 3 heterocycles. The van der Waals surface area contributed by atoms with E-state index in [4.69, 9.17) is 21.1 Å². The quantitative estimate of drug-likeness (QED) is 0.270. The van der Waals surface area contributed by atoms with Crippen LogP contribution in [0.4, 0.5) is 5.69 Å². The van der Waals surface area contributed by atoms with Crippen molar-refractivity contribution < 1.29 is 24.2 Å². The molecule has 2 aliphatic heterocycles. The average Bonchev–Trinajstić information content (AvgIpc) is 3.63. The molecule has 2 aliphatic rings. The number of amides is 1. The second kappa shape index (κ2) is 12.6. The number of aliphatic hydroxyl groups is 1. The third-order valence-corrected chi connectivity index (χ3v) is 8.22. The van der Waals surface area contributed by atoms with Crippen LogP contribution in [0, 0.1) is 0 Å². The van der Waals surface area contributed by atoms with Crippen molar-refractivity contribution in [3.05, 3.63) is 80.0 Å². The van der Waals surface area contributed by atoms with Crippen LogP contribution in [0.1, 0.15) is 25.3 Å². The Balaban J connectivity index is 1.48. The molecule has 1 atom stereocenters. The molecule has 208 valence electrons. The summed E-state index contributed by atoms with van der Waals surface area (Å²) < 4.78 is 13.6. The lowest BCUT2D eigenvalue weighted by atomic mass is 10.1. The summed E-state index contributed by atoms with van der Waals surface area (Å²) in [6.07, 6.45) is 5.68. The summed E-state index contributed by atoms with van der Waals surface area (Å²) in [6, 6.07) is 12.7. The standard InChI is InChI=1S/C29H27BrClN3O5S/c1-2-38-29(37)26-27(36)24(40-28(26)33-20-8-6-19(31)7-9-20)12-17-15-34(23-10-5-18(30)13-22(17)23)16-25(35)32-14-21-4-3-11-39-21/h5-10,12-13,15,21,36H,2-4,11,14,16H2,1H3,(H,32,35)/b24-12-,33-28?/t21-/m1/s1. The molecule has 0 bridgehead atoms. The molecular formula is C29H27BrClN3O5S. The minimum Gasteiger partial charge on any atom is -0.506 e. The van der Waals surface area contributed by atoms with Crippen LogP contribution < -0.4 is 5.32 Å². The normalized spacial score (nSPS) is 19.2. The number of esters is 1. The second-order valence-electron chi connectivity index (χ2n) is 9.26. The predicted octanol–water partition coefficient (Wildman–Crippen LogP) is 6.55. The number of benzene rings is 2. The van der Waals surface area contributed by atoms with Gasteiger partial charge in [-0.25, -0.2) is 9.79 Å². The number of carbonyl (C=O) groups excluding carboxylic acids is 2. The first-order valence-electron chi connectivity index (χ1n) is 12.8. The molecule has 0 saturated carbocycles. The zero-order chi connectivity index (χ0) is 28.2. The van der Waals surface area contributed by atoms with Gasteiger partial charge < -0.3 is 24.5 Å². The molecule has 1 aromatic heterocycles. The van der Waals surface area contributed by atoms with E-state index < -0.39 is 5.97 Å². The Morgan fingerprint density at radius 3 is 2.83 bits per heavy atom. The summed E-state index contributed by atoms with van der Waals surface area (Å²) in [5, 5.41) is 15.9. The maximum Gasteiger partial charge on any atom is 0.344 e. The van der Waals surface area contributed by atoms with E-state index >= 15 is 0 Å². The number of aromatic nitrogens is 1. The van der Waals surface area contributed by atoms with Crippen molar-refractivity contribution in [3.8, 4) is 0 Å². The zero-order valence-electron chi connectivity index (χ0n) is 21.7. The Labute approximate surface area is 249 Å². The smallest absolute Gasteiger partial charge is 0.344 e. The van der Waals surface area contributed by atoms with E-state index in [2.05, 4.69) is 26.2 Å². The fraction of sp³-hybridized carbons (Fsp3) is 0.276. The highest BCUT2D eigenvalue weighted by atomic mass is 79.9. The lowest BCUT2D eigenvalue weighted by Gasteiger charge is -2.11. The van der Waals surface area contributed by atoms with Crippen molar-refractivity contribution >= 4 is 78.9 Å². The first-order chi connectivity index (χ1) is 19.3. The van der Waals surface area contributed by atoms with Gasteiger partial charge in [-0.2, -0.15) is 0 Å². The Kier molecular flexibility index (Phi) is 9.00. The number of rotatable bonds is 8. The van der Waals surface area contributed by atoms with E-state index in [1.165, 1.54) is 11.8 Å². The number of hydrogen-bond donors (Lipinski definition) is 2. The fourth-order valence-corrected chi connectivity index (χ4v) is 6.07. The molecule has 40 heavy (non-hydrogen) atoms. The highest BCUT2D eigenvalue weighted by Crippen LogP contribution is 2.41. The first kappa shape index (κ1) is 28.5. The van der Waals surface area contributed by atoms with E-state index in [9.17, 15) is 14.7 Å². The van der Waals surface area contributed by atoms with Crippen LogP contribution in [0.5, 0.6) is 0 Å². The second-order valence-corrected chi connectivity index (χ2v) is 11.6. The van der Waals surface area contributed by atoms with Crippen LogP contribution in [0.25, 0.3) is 17.0 Å². The van der Waals surface area contributed by atoms with Gasteiger partial charge in [0.2, 0.25) is 5.91 Å². The minimum absolute atomic E-state index is 0.00600. The van der Waals surface area contributed by atoms with Crippen LogP contribution in [0.3, 0.4) is 0 Å². The number of fused-ring (bicyclic) bond motifs is 1. The van der Waals surface area contributed by atoms with Crippen LogP contribution in [0.2, 0.25) is 5.02 Å². The molecule has 1 saturated heterocycles. The Hall–Kier alpha value is -3.05. The molecule has 0 aliphatic carbocycles. The molecule has 0 radical (unpaired) electrons. The molecule has 5 rings (SSSR count). The van der Waals surface area contributed by atoms with Gasteiger partial charge >= 0.3 is 5.97 Å². The zero-order valence-corrected chi connectivity index (χ0v) is 24.8. The van der Waals surface area contributed by atoms with Crippen LogP contribution in [-0.2, 0) is 25.6 Å². The first-order valence-corrected chi connectivity index (χ1v) is 14.8. The van der Waals surface area contributed by atoms with E-state index in [1.54, 1.807) is 37.3 Å². The van der Waals surface area contributed by atoms with Gasteiger partial charge in [0, 0.05) is 45.3 Å². The van der Waals surface area contributed by atoms with Crippen LogP contribution in [-0.4, -0.2) is 52.5 Å². The van der Waals surface area contributed by atoms with Crippen molar-refractivity contribution in [1.29, 1.82) is 0 Å². The molecule has 2 N–H and O–H groups in total. The molecular weight excluding hydrogens is 618 g/mol. The van der Waals surface area contributed by atoms with Crippen molar-refractivity contribution in [2.24, 2.45) is 4.99 Å². The minimum atomic E-state index is -0.656. The Morgan fingerprint density at radius 2 is 2.10 bits per heavy atom. The number of ether oxygens (including phenoxy) is 2. The summed E-state index contributed by atoms with van der Waals surface area (Å²) in [6.45, 7) is 3.21. The Bertz CT molecular complexity index is 1540. The van der Waals surface area contributed by atoms with Gasteiger partial charge in [-0.3, -0.25) is 4.79 Å². The third-order valence-electron chi connectivity index (χ3n) is 6.45. The number of aliphatic imine (C=N–C) groups is 1. The highest BCUT2D eigenvalue weighted by Gasteiger charge is 2.33. The number of aliphatic hydroxyl groups excluding tert-OH is 1. The number of nitrogens with one attached hydrogen (secondary N) is 1.